The molecule has 1 aromatic carbocycles. The van der Waals surface area contributed by atoms with Crippen LogP contribution in [0, 0.1) is 0 Å². The summed E-state index contributed by atoms with van der Waals surface area (Å²) in [7, 11) is -3.59. The second-order valence-electron chi connectivity index (χ2n) is 7.75. The topological polar surface area (TPSA) is 81.5 Å². The Morgan fingerprint density at radius 2 is 2.00 bits per heavy atom. The van der Waals surface area contributed by atoms with Gasteiger partial charge in [0.25, 0.3) is 0 Å². The highest BCUT2D eigenvalue weighted by Gasteiger charge is 2.34. The molecule has 1 saturated heterocycles. The third-order valence-electron chi connectivity index (χ3n) is 5.32. The van der Waals surface area contributed by atoms with Crippen molar-refractivity contribution in [2.45, 2.75) is 43.7 Å². The van der Waals surface area contributed by atoms with E-state index in [-0.39, 0.29) is 17.0 Å². The Hall–Kier alpha value is -2.71. The maximum atomic E-state index is 13.1. The minimum atomic E-state index is -3.59. The number of carbonyl (C=O) groups is 1. The van der Waals surface area contributed by atoms with Gasteiger partial charge in [-0.2, -0.15) is 4.31 Å². The second-order valence-corrected chi connectivity index (χ2v) is 9.69. The lowest BCUT2D eigenvalue weighted by molar-refractivity contribution is -0.107. The molecule has 158 valence electrons. The van der Waals surface area contributed by atoms with Gasteiger partial charge in [-0.15, -0.1) is 0 Å². The van der Waals surface area contributed by atoms with E-state index in [0.717, 1.165) is 22.9 Å². The Bertz CT molecular complexity index is 1150. The molecular weight excluding hydrogens is 402 g/mol. The number of pyridine rings is 1. The van der Waals surface area contributed by atoms with Gasteiger partial charge in [0.2, 0.25) is 10.0 Å². The van der Waals surface area contributed by atoms with Crippen molar-refractivity contribution in [2.75, 3.05) is 13.1 Å². The SMILES string of the molecule is CC(C)Oc1ccc(S(=O)(=O)N2CC[C@H](n3cc(CC=O)c4ncccc43)C2)cc1. The van der Waals surface area contributed by atoms with Crippen molar-refractivity contribution >= 4 is 27.3 Å². The number of hydrogen-bond donors (Lipinski definition) is 0. The van der Waals surface area contributed by atoms with E-state index in [0.29, 0.717) is 31.7 Å². The highest BCUT2D eigenvalue weighted by molar-refractivity contribution is 7.89. The average Bonchev–Trinajstić information content (AvgIpc) is 3.34. The first kappa shape index (κ1) is 20.6. The summed E-state index contributed by atoms with van der Waals surface area (Å²) in [5, 5.41) is 0. The van der Waals surface area contributed by atoms with Gasteiger partial charge < -0.3 is 14.1 Å². The quantitative estimate of drug-likeness (QED) is 0.541. The fourth-order valence-corrected chi connectivity index (χ4v) is 5.45. The molecule has 3 heterocycles. The zero-order valence-corrected chi connectivity index (χ0v) is 17.9. The molecule has 1 aliphatic rings. The van der Waals surface area contributed by atoms with Crippen LogP contribution in [0.4, 0.5) is 0 Å². The van der Waals surface area contributed by atoms with Gasteiger partial charge in [0.05, 0.1) is 22.0 Å². The van der Waals surface area contributed by atoms with Crippen molar-refractivity contribution in [1.82, 2.24) is 13.9 Å². The van der Waals surface area contributed by atoms with E-state index in [1.165, 1.54) is 4.31 Å². The van der Waals surface area contributed by atoms with Gasteiger partial charge in [0, 0.05) is 43.5 Å². The molecule has 0 aliphatic carbocycles. The number of rotatable bonds is 7. The van der Waals surface area contributed by atoms with Crippen LogP contribution in [0.2, 0.25) is 0 Å². The van der Waals surface area contributed by atoms with Crippen molar-refractivity contribution in [3.63, 3.8) is 0 Å². The van der Waals surface area contributed by atoms with Gasteiger partial charge in [-0.25, -0.2) is 8.42 Å². The van der Waals surface area contributed by atoms with E-state index in [1.54, 1.807) is 30.5 Å². The summed E-state index contributed by atoms with van der Waals surface area (Å²) >= 11 is 0. The van der Waals surface area contributed by atoms with E-state index in [9.17, 15) is 13.2 Å². The van der Waals surface area contributed by atoms with Gasteiger partial charge in [-0.3, -0.25) is 4.98 Å². The summed E-state index contributed by atoms with van der Waals surface area (Å²) in [5.74, 6) is 0.650. The first-order valence-corrected chi connectivity index (χ1v) is 11.5. The van der Waals surface area contributed by atoms with Crippen LogP contribution < -0.4 is 4.74 Å². The summed E-state index contributed by atoms with van der Waals surface area (Å²) in [6.45, 7) is 4.68. The van der Waals surface area contributed by atoms with Gasteiger partial charge in [-0.05, 0) is 56.7 Å². The van der Waals surface area contributed by atoms with Crippen molar-refractivity contribution in [2.24, 2.45) is 0 Å². The maximum Gasteiger partial charge on any atom is 0.243 e. The maximum absolute atomic E-state index is 13.1. The fraction of sp³-hybridized carbons (Fsp3) is 0.364. The number of hydrogen-bond acceptors (Lipinski definition) is 5. The molecule has 7 nitrogen and oxygen atoms in total. The number of carbonyl (C=O) groups excluding carboxylic acids is 1. The number of fused-ring (bicyclic) bond motifs is 1. The molecule has 3 aromatic rings. The van der Waals surface area contributed by atoms with Crippen LogP contribution in [0.3, 0.4) is 0 Å². The molecule has 1 atom stereocenters. The summed E-state index contributed by atoms with van der Waals surface area (Å²) in [6, 6.07) is 10.4. The lowest BCUT2D eigenvalue weighted by Crippen LogP contribution is -2.29. The van der Waals surface area contributed by atoms with Gasteiger partial charge >= 0.3 is 0 Å². The summed E-state index contributed by atoms with van der Waals surface area (Å²) in [4.78, 5) is 15.7. The largest absolute Gasteiger partial charge is 0.491 e. The number of nitrogens with zero attached hydrogens (tertiary/aromatic N) is 3. The Labute approximate surface area is 176 Å². The summed E-state index contributed by atoms with van der Waals surface area (Å²) in [6.07, 6.45) is 5.53. The molecule has 0 unspecified atom stereocenters. The molecule has 30 heavy (non-hydrogen) atoms. The Kier molecular flexibility index (Phi) is 5.62. The zero-order valence-electron chi connectivity index (χ0n) is 17.1. The first-order chi connectivity index (χ1) is 14.4. The molecule has 1 fully saturated rings. The first-order valence-electron chi connectivity index (χ1n) is 10.0. The van der Waals surface area contributed by atoms with E-state index < -0.39 is 10.0 Å². The molecular formula is C22H25N3O4S. The number of benzene rings is 1. The van der Waals surface area contributed by atoms with Gasteiger partial charge in [-0.1, -0.05) is 0 Å². The number of aromatic nitrogens is 2. The molecule has 8 heteroatoms. The minimum Gasteiger partial charge on any atom is -0.491 e. The molecule has 0 N–H and O–H groups in total. The monoisotopic (exact) mass is 427 g/mol. The minimum absolute atomic E-state index is 0.00424. The lowest BCUT2D eigenvalue weighted by Gasteiger charge is -2.18. The van der Waals surface area contributed by atoms with Gasteiger partial charge in [0.1, 0.15) is 12.0 Å². The summed E-state index contributed by atoms with van der Waals surface area (Å²) < 4.78 is 35.5. The lowest BCUT2D eigenvalue weighted by atomic mass is 10.2. The second kappa shape index (κ2) is 8.20. The molecule has 0 radical (unpaired) electrons. The molecule has 1 aliphatic heterocycles. The van der Waals surface area contributed by atoms with E-state index in [4.69, 9.17) is 4.74 Å². The smallest absolute Gasteiger partial charge is 0.243 e. The standard InChI is InChI=1S/C22H25N3O4S/c1-16(2)29-19-5-7-20(8-6-19)30(27,28)24-12-9-18(15-24)25-14-17(10-13-26)22-21(25)4-3-11-23-22/h3-8,11,13-14,16,18H,9-10,12,15H2,1-2H3/t18-/m0/s1. The molecule has 0 spiro atoms. The molecule has 4 rings (SSSR count). The summed E-state index contributed by atoms with van der Waals surface area (Å²) in [5.41, 5.74) is 2.59. The van der Waals surface area contributed by atoms with E-state index in [1.807, 2.05) is 32.2 Å². The number of aldehydes is 1. The molecule has 0 amide bonds. The van der Waals surface area contributed by atoms with Crippen LogP contribution in [-0.4, -0.2) is 47.8 Å². The van der Waals surface area contributed by atoms with Crippen LogP contribution in [0.25, 0.3) is 11.0 Å². The van der Waals surface area contributed by atoms with Crippen molar-refractivity contribution < 1.29 is 17.9 Å². The third kappa shape index (κ3) is 3.85. The van der Waals surface area contributed by atoms with Crippen LogP contribution in [0.15, 0.2) is 53.7 Å². The predicted molar refractivity (Wildman–Crippen MR) is 114 cm³/mol. The fourth-order valence-electron chi connectivity index (χ4n) is 3.96. The average molecular weight is 428 g/mol. The third-order valence-corrected chi connectivity index (χ3v) is 7.20. The molecule has 0 bridgehead atoms. The molecule has 0 saturated carbocycles. The van der Waals surface area contributed by atoms with Crippen molar-refractivity contribution in [3.8, 4) is 5.75 Å². The molecule has 2 aromatic heterocycles. The van der Waals surface area contributed by atoms with Crippen LogP contribution in [0.5, 0.6) is 5.75 Å². The normalized spacial score (nSPS) is 17.6. The van der Waals surface area contributed by atoms with Gasteiger partial charge in [0.15, 0.2) is 0 Å². The Morgan fingerprint density at radius 1 is 1.23 bits per heavy atom. The van der Waals surface area contributed by atoms with Crippen LogP contribution in [-0.2, 0) is 21.2 Å². The Balaban J connectivity index is 1.57. The van der Waals surface area contributed by atoms with Crippen molar-refractivity contribution in [3.05, 3.63) is 54.4 Å². The van der Waals surface area contributed by atoms with Crippen molar-refractivity contribution in [1.29, 1.82) is 0 Å². The highest BCUT2D eigenvalue weighted by atomic mass is 32.2. The zero-order chi connectivity index (χ0) is 21.3. The number of ether oxygens (including phenoxy) is 1. The van der Waals surface area contributed by atoms with Crippen LogP contribution in [0.1, 0.15) is 31.9 Å². The van der Waals surface area contributed by atoms with E-state index >= 15 is 0 Å². The van der Waals surface area contributed by atoms with Crippen LogP contribution >= 0.6 is 0 Å². The number of sulfonamides is 1. The highest BCUT2D eigenvalue weighted by Crippen LogP contribution is 2.32. The predicted octanol–water partition coefficient (Wildman–Crippen LogP) is 3.20. The Morgan fingerprint density at radius 3 is 2.70 bits per heavy atom. The van der Waals surface area contributed by atoms with E-state index in [2.05, 4.69) is 9.55 Å².